The van der Waals surface area contributed by atoms with E-state index in [0.29, 0.717) is 6.54 Å². The number of alkyl halides is 1. The topological polar surface area (TPSA) is 65.1 Å². The summed E-state index contributed by atoms with van der Waals surface area (Å²) in [5.41, 5.74) is 1.47. The number of aliphatic hydroxyl groups excluding tert-OH is 1. The zero-order valence-corrected chi connectivity index (χ0v) is 9.87. The molecule has 0 saturated carbocycles. The van der Waals surface area contributed by atoms with Crippen molar-refractivity contribution in [2.75, 3.05) is 17.7 Å². The highest BCUT2D eigenvalue weighted by Gasteiger charge is 2.02. The first-order chi connectivity index (χ1) is 8.19. The molecule has 0 aliphatic rings. The van der Waals surface area contributed by atoms with Crippen LogP contribution >= 0.6 is 11.6 Å². The summed E-state index contributed by atoms with van der Waals surface area (Å²) < 4.78 is 0. The van der Waals surface area contributed by atoms with E-state index in [1.165, 1.54) is 6.07 Å². The predicted octanol–water partition coefficient (Wildman–Crippen LogP) is 1.54. The zero-order valence-electron chi connectivity index (χ0n) is 9.11. The molecule has 0 aliphatic heterocycles. The minimum absolute atomic E-state index is 0.129. The van der Waals surface area contributed by atoms with Gasteiger partial charge in [-0.1, -0.05) is 6.07 Å². The average molecular weight is 253 g/mol. The van der Waals surface area contributed by atoms with Crippen molar-refractivity contribution in [1.82, 2.24) is 4.98 Å². The summed E-state index contributed by atoms with van der Waals surface area (Å²) in [6, 6.07) is 8.89. The lowest BCUT2D eigenvalue weighted by atomic mass is 10.2. The van der Waals surface area contributed by atoms with E-state index in [0.717, 1.165) is 16.6 Å². The Kier molecular flexibility index (Phi) is 3.66. The van der Waals surface area contributed by atoms with E-state index in [1.807, 2.05) is 18.2 Å². The van der Waals surface area contributed by atoms with Gasteiger partial charge in [-0.25, -0.2) is 0 Å². The lowest BCUT2D eigenvalue weighted by molar-refractivity contribution is 0.211. The first-order valence-electron chi connectivity index (χ1n) is 5.30. The molecule has 0 radical (unpaired) electrons. The molecule has 0 amide bonds. The number of aliphatic hydroxyl groups is 1. The van der Waals surface area contributed by atoms with E-state index in [4.69, 9.17) is 11.6 Å². The van der Waals surface area contributed by atoms with Crippen molar-refractivity contribution in [3.63, 3.8) is 0 Å². The van der Waals surface area contributed by atoms with Gasteiger partial charge in [0, 0.05) is 18.3 Å². The fourth-order valence-corrected chi connectivity index (χ4v) is 1.66. The summed E-state index contributed by atoms with van der Waals surface area (Å²) in [5.74, 6) is 0.192. The molecule has 17 heavy (non-hydrogen) atoms. The van der Waals surface area contributed by atoms with E-state index in [9.17, 15) is 9.90 Å². The van der Waals surface area contributed by atoms with Crippen LogP contribution in [0, 0.1) is 0 Å². The monoisotopic (exact) mass is 252 g/mol. The van der Waals surface area contributed by atoms with Crippen molar-refractivity contribution in [3.05, 3.63) is 40.7 Å². The van der Waals surface area contributed by atoms with E-state index >= 15 is 0 Å². The maximum Gasteiger partial charge on any atom is 0.248 e. The van der Waals surface area contributed by atoms with Crippen molar-refractivity contribution >= 4 is 28.2 Å². The Hall–Kier alpha value is -1.52. The van der Waals surface area contributed by atoms with E-state index < -0.39 is 6.10 Å². The third kappa shape index (κ3) is 2.99. The van der Waals surface area contributed by atoms with Gasteiger partial charge in [0.25, 0.3) is 0 Å². The second kappa shape index (κ2) is 5.21. The number of pyridine rings is 1. The summed E-state index contributed by atoms with van der Waals surface area (Å²) in [6.45, 7) is 0.381. The summed E-state index contributed by atoms with van der Waals surface area (Å²) in [4.78, 5) is 13.9. The van der Waals surface area contributed by atoms with Crippen LogP contribution in [0.2, 0.25) is 0 Å². The predicted molar refractivity (Wildman–Crippen MR) is 69.8 cm³/mol. The van der Waals surface area contributed by atoms with Gasteiger partial charge in [0.05, 0.1) is 17.5 Å². The number of halogens is 1. The first-order valence-corrected chi connectivity index (χ1v) is 5.83. The molecule has 1 aromatic carbocycles. The van der Waals surface area contributed by atoms with Gasteiger partial charge in [0.1, 0.15) is 0 Å². The molecule has 1 aromatic heterocycles. The van der Waals surface area contributed by atoms with Gasteiger partial charge < -0.3 is 15.4 Å². The Labute approximate surface area is 103 Å². The maximum absolute atomic E-state index is 11.2. The molecule has 2 rings (SSSR count). The Morgan fingerprint density at radius 3 is 2.88 bits per heavy atom. The van der Waals surface area contributed by atoms with Crippen LogP contribution in [0.5, 0.6) is 0 Å². The van der Waals surface area contributed by atoms with Gasteiger partial charge in [-0.2, -0.15) is 0 Å². The Morgan fingerprint density at radius 1 is 1.35 bits per heavy atom. The molecule has 0 spiro atoms. The summed E-state index contributed by atoms with van der Waals surface area (Å²) in [6.07, 6.45) is -0.581. The van der Waals surface area contributed by atoms with Gasteiger partial charge in [-0.05, 0) is 23.6 Å². The number of fused-ring (bicyclic) bond motifs is 1. The molecule has 0 aliphatic carbocycles. The van der Waals surface area contributed by atoms with Crippen molar-refractivity contribution in [3.8, 4) is 0 Å². The molecular formula is C12H13ClN2O2. The SMILES string of the molecule is O=c1ccc2ccc(NCC(O)CCl)cc2[nH]1. The normalized spacial score (nSPS) is 12.6. The largest absolute Gasteiger partial charge is 0.390 e. The molecule has 4 nitrogen and oxygen atoms in total. The van der Waals surface area contributed by atoms with Crippen molar-refractivity contribution in [2.45, 2.75) is 6.10 Å². The van der Waals surface area contributed by atoms with E-state index in [2.05, 4.69) is 10.3 Å². The van der Waals surface area contributed by atoms with Crippen LogP contribution in [-0.2, 0) is 0 Å². The van der Waals surface area contributed by atoms with Gasteiger partial charge in [0.15, 0.2) is 0 Å². The summed E-state index contributed by atoms with van der Waals surface area (Å²) in [7, 11) is 0. The van der Waals surface area contributed by atoms with Crippen LogP contribution in [-0.4, -0.2) is 28.6 Å². The van der Waals surface area contributed by atoms with Crippen LogP contribution < -0.4 is 10.9 Å². The maximum atomic E-state index is 11.2. The molecule has 90 valence electrons. The Morgan fingerprint density at radius 2 is 2.12 bits per heavy atom. The molecule has 0 fully saturated rings. The Balaban J connectivity index is 2.22. The molecule has 3 N–H and O–H groups in total. The third-order valence-corrected chi connectivity index (χ3v) is 2.80. The molecule has 0 saturated heterocycles. The van der Waals surface area contributed by atoms with Crippen molar-refractivity contribution < 1.29 is 5.11 Å². The Bertz CT molecular complexity index is 568. The van der Waals surface area contributed by atoms with Crippen molar-refractivity contribution in [1.29, 1.82) is 0 Å². The molecule has 1 atom stereocenters. The number of benzene rings is 1. The zero-order chi connectivity index (χ0) is 12.3. The lowest BCUT2D eigenvalue weighted by Gasteiger charge is -2.10. The number of rotatable bonds is 4. The number of aromatic amines is 1. The number of hydrogen-bond donors (Lipinski definition) is 3. The third-order valence-electron chi connectivity index (χ3n) is 2.45. The fourth-order valence-electron chi connectivity index (χ4n) is 1.55. The smallest absolute Gasteiger partial charge is 0.248 e. The second-order valence-electron chi connectivity index (χ2n) is 3.81. The molecule has 0 bridgehead atoms. The van der Waals surface area contributed by atoms with Gasteiger partial charge in [-0.3, -0.25) is 4.79 Å². The molecule has 1 heterocycles. The quantitative estimate of drug-likeness (QED) is 0.724. The van der Waals surface area contributed by atoms with Gasteiger partial charge >= 0.3 is 0 Å². The first kappa shape index (κ1) is 12.0. The summed E-state index contributed by atoms with van der Waals surface area (Å²) >= 11 is 5.50. The molecule has 2 aromatic rings. The lowest BCUT2D eigenvalue weighted by Crippen LogP contribution is -2.20. The van der Waals surface area contributed by atoms with Crippen LogP contribution in [0.4, 0.5) is 5.69 Å². The highest BCUT2D eigenvalue weighted by Crippen LogP contribution is 2.15. The minimum atomic E-state index is -0.581. The second-order valence-corrected chi connectivity index (χ2v) is 4.12. The molecule has 1 unspecified atom stereocenters. The average Bonchev–Trinajstić information content (AvgIpc) is 2.35. The van der Waals surface area contributed by atoms with Crippen LogP contribution in [0.25, 0.3) is 10.9 Å². The highest BCUT2D eigenvalue weighted by molar-refractivity contribution is 6.18. The van der Waals surface area contributed by atoms with Crippen LogP contribution in [0.15, 0.2) is 35.1 Å². The van der Waals surface area contributed by atoms with Gasteiger partial charge in [-0.15, -0.1) is 11.6 Å². The molecular weight excluding hydrogens is 240 g/mol. The van der Waals surface area contributed by atoms with E-state index in [-0.39, 0.29) is 11.4 Å². The standard InChI is InChI=1S/C12H13ClN2O2/c13-6-10(16)7-14-9-3-1-8-2-4-12(17)15-11(8)5-9/h1-5,10,14,16H,6-7H2,(H,15,17). The van der Waals surface area contributed by atoms with Crippen LogP contribution in [0.1, 0.15) is 0 Å². The van der Waals surface area contributed by atoms with Gasteiger partial charge in [0.2, 0.25) is 5.56 Å². The highest BCUT2D eigenvalue weighted by atomic mass is 35.5. The summed E-state index contributed by atoms with van der Waals surface area (Å²) in [5, 5.41) is 13.3. The number of anilines is 1. The number of H-pyrrole nitrogens is 1. The number of hydrogen-bond acceptors (Lipinski definition) is 3. The minimum Gasteiger partial charge on any atom is -0.390 e. The number of aromatic nitrogens is 1. The van der Waals surface area contributed by atoms with E-state index in [1.54, 1.807) is 6.07 Å². The van der Waals surface area contributed by atoms with Crippen LogP contribution in [0.3, 0.4) is 0 Å². The molecule has 5 heteroatoms. The fraction of sp³-hybridized carbons (Fsp3) is 0.250. The number of nitrogens with one attached hydrogen (secondary N) is 2. The van der Waals surface area contributed by atoms with Crippen molar-refractivity contribution in [2.24, 2.45) is 0 Å².